The molecular weight excluding hydrogens is 190 g/mol. The Balaban J connectivity index is 0. The molecule has 0 atom stereocenters. The molecule has 0 spiro atoms. The molecule has 0 aromatic carbocycles. The molecule has 0 aliphatic carbocycles. The van der Waals surface area contributed by atoms with Gasteiger partial charge in [0.25, 0.3) is 0 Å². The smallest absolute Gasteiger partial charge is 0.212 e. The van der Waals surface area contributed by atoms with Gasteiger partial charge in [-0.3, -0.25) is 4.79 Å². The fraction of sp³-hybridized carbons (Fsp3) is 0.667. The summed E-state index contributed by atoms with van der Waals surface area (Å²) in [5, 5.41) is 8.70. The zero-order chi connectivity index (χ0) is 9.78. The van der Waals surface area contributed by atoms with E-state index >= 15 is 0 Å². The SMILES string of the molecule is C=C(C)C(=O)C[N+](C)(C)CCO.[Cl-]. The number of nitrogens with zero attached hydrogens (tertiary/aromatic N) is 1. The van der Waals surface area contributed by atoms with E-state index in [2.05, 4.69) is 6.58 Å². The molecule has 0 rings (SSSR count). The number of halogens is 1. The molecule has 4 heteroatoms. The molecule has 0 aliphatic heterocycles. The summed E-state index contributed by atoms with van der Waals surface area (Å²) in [4.78, 5) is 11.2. The normalized spacial score (nSPS) is 10.5. The van der Waals surface area contributed by atoms with E-state index in [-0.39, 0.29) is 24.8 Å². The third kappa shape index (κ3) is 6.75. The number of likely N-dealkylation sites (N-methyl/N-ethyl adjacent to an activating group) is 1. The van der Waals surface area contributed by atoms with Crippen LogP contribution in [0.25, 0.3) is 0 Å². The van der Waals surface area contributed by atoms with Gasteiger partial charge in [0.15, 0.2) is 0 Å². The second-order valence-electron chi connectivity index (χ2n) is 3.74. The van der Waals surface area contributed by atoms with E-state index in [1.54, 1.807) is 6.92 Å². The van der Waals surface area contributed by atoms with Crippen molar-refractivity contribution in [3.63, 3.8) is 0 Å². The Morgan fingerprint density at radius 3 is 2.23 bits per heavy atom. The molecule has 0 bridgehead atoms. The van der Waals surface area contributed by atoms with Crippen LogP contribution in [0.3, 0.4) is 0 Å². The Hall–Kier alpha value is -0.380. The second-order valence-corrected chi connectivity index (χ2v) is 3.74. The number of rotatable bonds is 5. The van der Waals surface area contributed by atoms with E-state index in [9.17, 15) is 4.79 Å². The molecule has 0 aromatic heterocycles. The lowest BCUT2D eigenvalue weighted by Crippen LogP contribution is -3.00. The topological polar surface area (TPSA) is 37.3 Å². The highest BCUT2D eigenvalue weighted by atomic mass is 35.5. The number of Topliss-reactive ketones (excluding diaryl/α,β-unsaturated/α-hetero) is 1. The van der Waals surface area contributed by atoms with Crippen LogP contribution in [0, 0.1) is 0 Å². The molecule has 78 valence electrons. The Kier molecular flexibility index (Phi) is 7.13. The van der Waals surface area contributed by atoms with E-state index in [0.29, 0.717) is 23.1 Å². The van der Waals surface area contributed by atoms with Crippen molar-refractivity contribution in [1.82, 2.24) is 0 Å². The third-order valence-corrected chi connectivity index (χ3v) is 1.75. The number of aliphatic hydroxyl groups excluding tert-OH is 1. The number of hydrogen-bond donors (Lipinski definition) is 1. The highest BCUT2D eigenvalue weighted by Gasteiger charge is 2.19. The van der Waals surface area contributed by atoms with Gasteiger partial charge in [-0.15, -0.1) is 0 Å². The summed E-state index contributed by atoms with van der Waals surface area (Å²) in [5.41, 5.74) is 0.583. The van der Waals surface area contributed by atoms with Gasteiger partial charge in [0.2, 0.25) is 5.78 Å². The van der Waals surface area contributed by atoms with Crippen LogP contribution >= 0.6 is 0 Å². The molecule has 3 nitrogen and oxygen atoms in total. The predicted octanol–water partition coefficient (Wildman–Crippen LogP) is -2.80. The third-order valence-electron chi connectivity index (χ3n) is 1.75. The molecule has 0 saturated heterocycles. The molecule has 0 radical (unpaired) electrons. The second kappa shape index (κ2) is 6.13. The summed E-state index contributed by atoms with van der Waals surface area (Å²) in [6.45, 7) is 6.40. The van der Waals surface area contributed by atoms with Gasteiger partial charge < -0.3 is 22.0 Å². The fourth-order valence-electron chi connectivity index (χ4n) is 0.873. The molecule has 0 saturated carbocycles. The van der Waals surface area contributed by atoms with Crippen LogP contribution in [0.2, 0.25) is 0 Å². The van der Waals surface area contributed by atoms with Gasteiger partial charge in [-0.1, -0.05) is 6.58 Å². The van der Waals surface area contributed by atoms with Crippen LogP contribution in [-0.2, 0) is 4.79 Å². The van der Waals surface area contributed by atoms with Crippen LogP contribution < -0.4 is 12.4 Å². The first kappa shape index (κ1) is 15.1. The van der Waals surface area contributed by atoms with Gasteiger partial charge in [-0.05, 0) is 12.5 Å². The highest BCUT2D eigenvalue weighted by molar-refractivity contribution is 5.95. The van der Waals surface area contributed by atoms with Crippen LogP contribution in [0.1, 0.15) is 6.92 Å². The van der Waals surface area contributed by atoms with Crippen molar-refractivity contribution in [2.24, 2.45) is 0 Å². The summed E-state index contributed by atoms with van der Waals surface area (Å²) in [6, 6.07) is 0. The lowest BCUT2D eigenvalue weighted by molar-refractivity contribution is -0.882. The Bertz CT molecular complexity index is 190. The van der Waals surface area contributed by atoms with Crippen LogP contribution in [0.4, 0.5) is 0 Å². The minimum absolute atomic E-state index is 0. The minimum atomic E-state index is 0. The average Bonchev–Trinajstić information content (AvgIpc) is 1.85. The Morgan fingerprint density at radius 2 is 1.92 bits per heavy atom. The molecule has 0 amide bonds. The molecular formula is C9H18ClNO2. The van der Waals surface area contributed by atoms with Crippen molar-refractivity contribution >= 4 is 5.78 Å². The van der Waals surface area contributed by atoms with E-state index in [0.717, 1.165) is 0 Å². The lowest BCUT2D eigenvalue weighted by atomic mass is 10.2. The maximum absolute atomic E-state index is 11.2. The zero-order valence-corrected chi connectivity index (χ0v) is 9.26. The Labute approximate surface area is 86.0 Å². The molecule has 1 N–H and O–H groups in total. The predicted molar refractivity (Wildman–Crippen MR) is 48.7 cm³/mol. The number of quaternary nitrogens is 1. The molecule has 0 unspecified atom stereocenters. The van der Waals surface area contributed by atoms with Gasteiger partial charge in [0, 0.05) is 0 Å². The molecule has 0 aromatic rings. The first-order valence-electron chi connectivity index (χ1n) is 4.00. The summed E-state index contributed by atoms with van der Waals surface area (Å²) < 4.78 is 0.516. The van der Waals surface area contributed by atoms with Gasteiger partial charge in [0.05, 0.1) is 20.7 Å². The number of aliphatic hydroxyl groups is 1. The first-order chi connectivity index (χ1) is 5.39. The summed E-state index contributed by atoms with van der Waals surface area (Å²) >= 11 is 0. The van der Waals surface area contributed by atoms with E-state index in [1.165, 1.54) is 0 Å². The van der Waals surface area contributed by atoms with Crippen LogP contribution in [-0.4, -0.2) is 49.2 Å². The van der Waals surface area contributed by atoms with E-state index < -0.39 is 0 Å². The number of carbonyl (C=O) groups excluding carboxylic acids is 1. The minimum Gasteiger partial charge on any atom is -1.00 e. The average molecular weight is 208 g/mol. The van der Waals surface area contributed by atoms with Crippen LogP contribution in [0.5, 0.6) is 0 Å². The number of carbonyl (C=O) groups is 1. The van der Waals surface area contributed by atoms with Gasteiger partial charge in [0.1, 0.15) is 13.1 Å². The molecule has 13 heavy (non-hydrogen) atoms. The van der Waals surface area contributed by atoms with Crippen molar-refractivity contribution in [2.45, 2.75) is 6.92 Å². The first-order valence-corrected chi connectivity index (χ1v) is 4.00. The van der Waals surface area contributed by atoms with Crippen molar-refractivity contribution in [1.29, 1.82) is 0 Å². The molecule has 0 heterocycles. The highest BCUT2D eigenvalue weighted by Crippen LogP contribution is 2.00. The van der Waals surface area contributed by atoms with Gasteiger partial charge >= 0.3 is 0 Å². The monoisotopic (exact) mass is 207 g/mol. The van der Waals surface area contributed by atoms with Crippen molar-refractivity contribution in [2.75, 3.05) is 33.8 Å². The van der Waals surface area contributed by atoms with Gasteiger partial charge in [-0.25, -0.2) is 0 Å². The summed E-state index contributed by atoms with van der Waals surface area (Å²) in [5.74, 6) is 0.0634. The number of ketones is 1. The lowest BCUT2D eigenvalue weighted by Gasteiger charge is -2.27. The largest absolute Gasteiger partial charge is 1.00 e. The van der Waals surface area contributed by atoms with Gasteiger partial charge in [-0.2, -0.15) is 0 Å². The van der Waals surface area contributed by atoms with Crippen molar-refractivity contribution < 1.29 is 26.8 Å². The molecule has 0 fully saturated rings. The van der Waals surface area contributed by atoms with Crippen molar-refractivity contribution in [3.8, 4) is 0 Å². The quantitative estimate of drug-likeness (QED) is 0.391. The standard InChI is InChI=1S/C9H18NO2.ClH/c1-8(2)9(12)7-10(3,4)5-6-11;/h11H,1,5-7H2,2-4H3;1H/q+1;/p-1. The van der Waals surface area contributed by atoms with Crippen molar-refractivity contribution in [3.05, 3.63) is 12.2 Å². The maximum Gasteiger partial charge on any atom is 0.212 e. The summed E-state index contributed by atoms with van der Waals surface area (Å²) in [7, 11) is 3.83. The maximum atomic E-state index is 11.2. The molecule has 0 aliphatic rings. The van der Waals surface area contributed by atoms with Crippen LogP contribution in [0.15, 0.2) is 12.2 Å². The fourth-order valence-corrected chi connectivity index (χ4v) is 0.873. The Morgan fingerprint density at radius 1 is 1.46 bits per heavy atom. The van der Waals surface area contributed by atoms with E-state index in [1.807, 2.05) is 14.1 Å². The van der Waals surface area contributed by atoms with E-state index in [4.69, 9.17) is 5.11 Å². The zero-order valence-electron chi connectivity index (χ0n) is 8.51. The summed E-state index contributed by atoms with van der Waals surface area (Å²) in [6.07, 6.45) is 0. The number of hydrogen-bond acceptors (Lipinski definition) is 2.